The quantitative estimate of drug-likeness (QED) is 0.131. The van der Waals surface area contributed by atoms with Gasteiger partial charge in [0.05, 0.1) is 30.0 Å². The molecular formula is C42H58F3N3O4. The SMILES string of the molecule is C=C(C)/C=C(\OC)C(C)(C)C(F)(F)F.CC(C)=O.CCCCc1cc2ncc(-c3ccc(CC(C)=O)c(C)c3)nc2cc1C(CC)CCNC(C)=O. The molecular weight excluding hydrogens is 667 g/mol. The van der Waals surface area contributed by atoms with Crippen LogP contribution in [0, 0.1) is 12.3 Å². The monoisotopic (exact) mass is 725 g/mol. The van der Waals surface area contributed by atoms with Crippen LogP contribution in [-0.4, -0.2) is 47.3 Å². The van der Waals surface area contributed by atoms with Crippen molar-refractivity contribution < 1.29 is 32.3 Å². The Morgan fingerprint density at radius 2 is 1.62 bits per heavy atom. The van der Waals surface area contributed by atoms with E-state index in [1.165, 1.54) is 38.2 Å². The third-order valence-corrected chi connectivity index (χ3v) is 8.40. The highest BCUT2D eigenvalue weighted by atomic mass is 19.4. The predicted molar refractivity (Wildman–Crippen MR) is 205 cm³/mol. The minimum atomic E-state index is -4.33. The number of hydrogen-bond acceptors (Lipinski definition) is 6. The van der Waals surface area contributed by atoms with Gasteiger partial charge in [-0.1, -0.05) is 44.6 Å². The highest BCUT2D eigenvalue weighted by Crippen LogP contribution is 2.43. The largest absolute Gasteiger partial charge is 0.500 e. The number of unbranched alkanes of at least 4 members (excludes halogenated alkanes) is 1. The molecule has 3 rings (SSSR count). The number of ether oxygens (including phenoxy) is 1. The van der Waals surface area contributed by atoms with Crippen molar-refractivity contribution in [3.8, 4) is 11.3 Å². The summed E-state index contributed by atoms with van der Waals surface area (Å²) in [7, 11) is 1.22. The van der Waals surface area contributed by atoms with Crippen LogP contribution in [-0.2, 0) is 32.0 Å². The van der Waals surface area contributed by atoms with Crippen molar-refractivity contribution in [2.45, 2.75) is 120 Å². The summed E-state index contributed by atoms with van der Waals surface area (Å²) in [5.74, 6) is 0.579. The average molecular weight is 726 g/mol. The van der Waals surface area contributed by atoms with Gasteiger partial charge in [-0.3, -0.25) is 14.6 Å². The van der Waals surface area contributed by atoms with E-state index in [0.717, 1.165) is 79.4 Å². The van der Waals surface area contributed by atoms with Gasteiger partial charge in [-0.2, -0.15) is 13.2 Å². The van der Waals surface area contributed by atoms with E-state index in [2.05, 4.69) is 43.9 Å². The van der Waals surface area contributed by atoms with Crippen LogP contribution in [0.2, 0.25) is 0 Å². The Bertz CT molecular complexity index is 1710. The van der Waals surface area contributed by atoms with E-state index in [0.29, 0.717) is 24.5 Å². The average Bonchev–Trinajstić information content (AvgIpc) is 3.04. The minimum Gasteiger partial charge on any atom is -0.500 e. The summed E-state index contributed by atoms with van der Waals surface area (Å²) in [4.78, 5) is 42.1. The van der Waals surface area contributed by atoms with Gasteiger partial charge in [0.1, 0.15) is 22.7 Å². The van der Waals surface area contributed by atoms with Crippen molar-refractivity contribution >= 4 is 28.5 Å². The number of hydrogen-bond donors (Lipinski definition) is 1. The van der Waals surface area contributed by atoms with E-state index < -0.39 is 11.6 Å². The number of methoxy groups -OCH3 is 1. The summed E-state index contributed by atoms with van der Waals surface area (Å²) in [6.07, 6.45) is 4.49. The number of rotatable bonds is 14. The molecule has 0 fully saturated rings. The van der Waals surface area contributed by atoms with E-state index in [-0.39, 0.29) is 23.2 Å². The standard InChI is InChI=1S/C29H37N3O2.C10H15F3O.C3H6O/c1-6-8-9-24-16-27-28(17-26(24)22(7-2)12-13-30-21(5)34)32-29(18-31-27)25-11-10-23(15-20(4)33)19(3)14-25;1-7(2)6-8(14-5)9(3,4)10(11,12)13;1-3(2)4/h10-11,14,16-18,22H,6-9,12-13,15H2,1-5H3,(H,30,34);6H,1H2,2-5H3;1-2H3/b;8-6-;. The van der Waals surface area contributed by atoms with E-state index in [1.807, 2.05) is 25.3 Å². The zero-order valence-corrected chi connectivity index (χ0v) is 32.9. The Morgan fingerprint density at radius 3 is 2.10 bits per heavy atom. The number of aromatic nitrogens is 2. The molecule has 1 aromatic heterocycles. The summed E-state index contributed by atoms with van der Waals surface area (Å²) >= 11 is 0. The fourth-order valence-corrected chi connectivity index (χ4v) is 5.40. The summed E-state index contributed by atoms with van der Waals surface area (Å²) in [5, 5.41) is 2.94. The van der Waals surface area contributed by atoms with Crippen molar-refractivity contribution in [1.29, 1.82) is 0 Å². The lowest BCUT2D eigenvalue weighted by atomic mass is 9.87. The second kappa shape index (κ2) is 21.2. The molecule has 0 aliphatic heterocycles. The molecule has 0 saturated carbocycles. The van der Waals surface area contributed by atoms with Crippen molar-refractivity contribution in [3.63, 3.8) is 0 Å². The number of Topliss-reactive ketones (excluding diaryl/α,β-unsaturated/α-hetero) is 2. The molecule has 1 unspecified atom stereocenters. The minimum absolute atomic E-state index is 0.0136. The molecule has 0 spiro atoms. The lowest BCUT2D eigenvalue weighted by molar-refractivity contribution is -0.208. The fraction of sp³-hybridized carbons (Fsp3) is 0.500. The van der Waals surface area contributed by atoms with E-state index in [4.69, 9.17) is 14.7 Å². The number of allylic oxidation sites excluding steroid dienone is 3. The van der Waals surface area contributed by atoms with Crippen LogP contribution < -0.4 is 5.32 Å². The zero-order chi connectivity index (χ0) is 39.8. The number of ketones is 2. The Hall–Kier alpha value is -4.34. The molecule has 3 aromatic rings. The smallest absolute Gasteiger partial charge is 0.400 e. The topological polar surface area (TPSA) is 98.2 Å². The van der Waals surface area contributed by atoms with Crippen LogP contribution in [0.5, 0.6) is 0 Å². The van der Waals surface area contributed by atoms with E-state index in [9.17, 15) is 27.6 Å². The summed E-state index contributed by atoms with van der Waals surface area (Å²) in [6, 6.07) is 10.6. The molecule has 0 bridgehead atoms. The van der Waals surface area contributed by atoms with Gasteiger partial charge in [-0.25, -0.2) is 4.98 Å². The number of halogens is 3. The van der Waals surface area contributed by atoms with Gasteiger partial charge >= 0.3 is 6.18 Å². The van der Waals surface area contributed by atoms with Crippen molar-refractivity contribution in [2.75, 3.05) is 13.7 Å². The van der Waals surface area contributed by atoms with Gasteiger partial charge in [-0.05, 0) is 127 Å². The van der Waals surface area contributed by atoms with Crippen LogP contribution in [0.15, 0.2) is 60.5 Å². The molecule has 52 heavy (non-hydrogen) atoms. The summed E-state index contributed by atoms with van der Waals surface area (Å²) in [6.45, 7) is 20.7. The van der Waals surface area contributed by atoms with Gasteiger partial charge < -0.3 is 14.8 Å². The number of nitrogens with zero attached hydrogens (tertiary/aromatic N) is 2. The number of nitrogens with one attached hydrogen (secondary N) is 1. The van der Waals surface area contributed by atoms with Crippen LogP contribution in [0.1, 0.15) is 116 Å². The third kappa shape index (κ3) is 14.7. The Balaban J connectivity index is 0.000000625. The fourth-order valence-electron chi connectivity index (χ4n) is 5.40. The Morgan fingerprint density at radius 1 is 0.981 bits per heavy atom. The molecule has 286 valence electrons. The summed E-state index contributed by atoms with van der Waals surface area (Å²) in [5.41, 5.74) is 7.02. The molecule has 0 saturated heterocycles. The number of carbonyl (C=O) groups is 3. The number of alkyl halides is 3. The first-order valence-corrected chi connectivity index (χ1v) is 17.8. The Kier molecular flexibility index (Phi) is 18.7. The van der Waals surface area contributed by atoms with Crippen LogP contribution in [0.25, 0.3) is 22.3 Å². The first kappa shape index (κ1) is 45.7. The van der Waals surface area contributed by atoms with E-state index >= 15 is 0 Å². The molecule has 0 radical (unpaired) electrons. The second-order valence-corrected chi connectivity index (χ2v) is 13.9. The molecule has 1 atom stereocenters. The summed E-state index contributed by atoms with van der Waals surface area (Å²) < 4.78 is 42.4. The normalized spacial score (nSPS) is 12.2. The molecule has 7 nitrogen and oxygen atoms in total. The zero-order valence-electron chi connectivity index (χ0n) is 32.9. The Labute approximate surface area is 308 Å². The number of fused-ring (bicyclic) bond motifs is 1. The second-order valence-electron chi connectivity index (χ2n) is 13.9. The molecule has 1 N–H and O–H groups in total. The van der Waals surface area contributed by atoms with Crippen LogP contribution in [0.3, 0.4) is 0 Å². The highest BCUT2D eigenvalue weighted by Gasteiger charge is 2.51. The molecule has 2 aromatic carbocycles. The maximum Gasteiger partial charge on any atom is 0.400 e. The van der Waals surface area contributed by atoms with Crippen molar-refractivity contribution in [3.05, 3.63) is 82.8 Å². The number of benzene rings is 2. The first-order valence-electron chi connectivity index (χ1n) is 17.8. The molecule has 10 heteroatoms. The van der Waals surface area contributed by atoms with Crippen LogP contribution >= 0.6 is 0 Å². The third-order valence-electron chi connectivity index (χ3n) is 8.40. The maximum atomic E-state index is 12.6. The van der Waals surface area contributed by atoms with E-state index in [1.54, 1.807) is 20.8 Å². The maximum absolute atomic E-state index is 12.6. The molecule has 1 amide bonds. The van der Waals surface area contributed by atoms with Crippen LogP contribution in [0.4, 0.5) is 13.2 Å². The first-order chi connectivity index (χ1) is 24.2. The number of carbonyl (C=O) groups excluding carboxylic acids is 3. The number of aryl methyl sites for hydroxylation is 2. The lowest BCUT2D eigenvalue weighted by Crippen LogP contribution is -2.34. The van der Waals surface area contributed by atoms with Crippen molar-refractivity contribution in [2.24, 2.45) is 5.41 Å². The molecule has 0 aliphatic rings. The molecule has 0 aliphatic carbocycles. The van der Waals surface area contributed by atoms with Gasteiger partial charge in [0.2, 0.25) is 5.91 Å². The lowest BCUT2D eigenvalue weighted by Gasteiger charge is -2.29. The predicted octanol–water partition coefficient (Wildman–Crippen LogP) is 10.4. The van der Waals surface area contributed by atoms with Gasteiger partial charge in [-0.15, -0.1) is 0 Å². The highest BCUT2D eigenvalue weighted by molar-refractivity contribution is 5.80. The van der Waals surface area contributed by atoms with Gasteiger partial charge in [0.15, 0.2) is 0 Å². The van der Waals surface area contributed by atoms with Crippen molar-refractivity contribution in [1.82, 2.24) is 15.3 Å². The molecule has 1 heterocycles. The van der Waals surface area contributed by atoms with Gasteiger partial charge in [0, 0.05) is 25.5 Å². The number of amides is 1. The van der Waals surface area contributed by atoms with Gasteiger partial charge in [0.25, 0.3) is 0 Å².